The minimum atomic E-state index is -0.623. The largest absolute Gasteiger partial charge is 0.465 e. The Morgan fingerprint density at radius 3 is 1.21 bits per heavy atom. The second-order valence-corrected chi connectivity index (χ2v) is 17.1. The second-order valence-electron chi connectivity index (χ2n) is 14.8. The first-order valence-corrected chi connectivity index (χ1v) is 23.5. The van der Waals surface area contributed by atoms with E-state index in [9.17, 15) is 29.2 Å². The van der Waals surface area contributed by atoms with Gasteiger partial charge in [0.2, 0.25) is 0 Å². The van der Waals surface area contributed by atoms with Gasteiger partial charge in [-0.25, -0.2) is 9.86 Å². The minimum Gasteiger partial charge on any atom is -0.465 e. The molecule has 0 aliphatic carbocycles. The van der Waals surface area contributed by atoms with Gasteiger partial charge in [-0.1, -0.05) is 140 Å². The third-order valence-electron chi connectivity index (χ3n) is 9.92. The van der Waals surface area contributed by atoms with Crippen molar-refractivity contribution in [2.24, 2.45) is 0 Å². The predicted octanol–water partition coefficient (Wildman–Crippen LogP) is 11.6. The molecule has 0 bridgehead atoms. The molecule has 0 saturated heterocycles. The maximum atomic E-state index is 13.2. The van der Waals surface area contributed by atoms with Crippen molar-refractivity contribution in [2.45, 2.75) is 47.2 Å². The number of hydrogen-bond acceptors (Lipinski definition) is 11. The van der Waals surface area contributed by atoms with Crippen LogP contribution in [0.1, 0.15) is 77.7 Å². The molecule has 7 aromatic rings. The van der Waals surface area contributed by atoms with Gasteiger partial charge < -0.3 is 14.3 Å². The quantitative estimate of drug-likeness (QED) is 0.0404. The molecule has 2 amide bonds. The van der Waals surface area contributed by atoms with Gasteiger partial charge >= 0.3 is 17.9 Å². The average Bonchev–Trinajstić information content (AvgIpc) is 3.39. The molecule has 2 unspecified atom stereocenters. The first-order valence-electron chi connectivity index (χ1n) is 21.8. The fraction of sp³-hybridized carbons (Fsp3) is 0.145. The average molecular weight is 947 g/mol. The van der Waals surface area contributed by atoms with Crippen molar-refractivity contribution in [2.75, 3.05) is 13.2 Å². The summed E-state index contributed by atoms with van der Waals surface area (Å²) in [7, 11) is 0. The topological polar surface area (TPSA) is 140 Å². The molecule has 13 heteroatoms. The lowest BCUT2D eigenvalue weighted by Crippen LogP contribution is -2.33. The summed E-state index contributed by atoms with van der Waals surface area (Å²) in [5.74, 6) is -2.10. The summed E-state index contributed by atoms with van der Waals surface area (Å²) >= 11 is 2.79. The van der Waals surface area contributed by atoms with Crippen LogP contribution < -0.4 is 0 Å². The highest BCUT2D eigenvalue weighted by Crippen LogP contribution is 2.38. The Labute approximate surface area is 404 Å². The van der Waals surface area contributed by atoms with Gasteiger partial charge in [0.25, 0.3) is 11.8 Å². The van der Waals surface area contributed by atoms with Gasteiger partial charge in [-0.3, -0.25) is 24.4 Å². The SMILES string of the molecule is CCOC(=O)C(Sc1ccc(CN(O)C(=O)c2ccccc2)cc1)c1ccccc1.CCOC(=O)C(Sc1ccc(CN(OC(=O)c2ccccc2)C(=O)c2ccccc2)cc1)c1ccccc1. The highest BCUT2D eigenvalue weighted by molar-refractivity contribution is 8.00. The molecule has 0 fully saturated rings. The zero-order valence-electron chi connectivity index (χ0n) is 37.5. The number of amides is 2. The number of hydroxylamine groups is 4. The Morgan fingerprint density at radius 2 is 0.809 bits per heavy atom. The van der Waals surface area contributed by atoms with Crippen molar-refractivity contribution in [1.82, 2.24) is 10.1 Å². The molecule has 0 aliphatic heterocycles. The van der Waals surface area contributed by atoms with Crippen molar-refractivity contribution in [3.63, 3.8) is 0 Å². The molecule has 11 nitrogen and oxygen atoms in total. The molecule has 0 radical (unpaired) electrons. The summed E-state index contributed by atoms with van der Waals surface area (Å²) in [5, 5.41) is 10.9. The Kier molecular flexibility index (Phi) is 19.1. The number of carbonyl (C=O) groups is 5. The summed E-state index contributed by atoms with van der Waals surface area (Å²) in [6, 6.07) is 59.6. The van der Waals surface area contributed by atoms with Crippen molar-refractivity contribution in [3.05, 3.63) is 239 Å². The molecular formula is C55H50N2O9S2. The van der Waals surface area contributed by atoms with E-state index in [1.54, 1.807) is 92.7 Å². The maximum absolute atomic E-state index is 13.2. The molecular weight excluding hydrogens is 897 g/mol. The van der Waals surface area contributed by atoms with E-state index in [1.165, 1.54) is 23.5 Å². The molecule has 2 atom stereocenters. The van der Waals surface area contributed by atoms with Crippen LogP contribution in [-0.2, 0) is 37.0 Å². The molecule has 1 N–H and O–H groups in total. The molecule has 0 aliphatic rings. The Hall–Kier alpha value is -7.45. The summed E-state index contributed by atoms with van der Waals surface area (Å²) in [4.78, 5) is 70.6. The van der Waals surface area contributed by atoms with E-state index in [-0.39, 0.29) is 25.0 Å². The number of benzene rings is 7. The van der Waals surface area contributed by atoms with Crippen LogP contribution in [0.15, 0.2) is 210 Å². The number of hydrogen-bond donors (Lipinski definition) is 1. The Morgan fingerprint density at radius 1 is 0.456 bits per heavy atom. The smallest absolute Gasteiger partial charge is 0.363 e. The highest BCUT2D eigenvalue weighted by atomic mass is 32.2. The third kappa shape index (κ3) is 14.8. The predicted molar refractivity (Wildman–Crippen MR) is 263 cm³/mol. The van der Waals surface area contributed by atoms with Crippen LogP contribution in [0.4, 0.5) is 0 Å². The van der Waals surface area contributed by atoms with Crippen molar-refractivity contribution in [3.8, 4) is 0 Å². The lowest BCUT2D eigenvalue weighted by molar-refractivity contribution is -0.143. The zero-order chi connectivity index (χ0) is 48.1. The summed E-state index contributed by atoms with van der Waals surface area (Å²) < 4.78 is 10.5. The fourth-order valence-corrected chi connectivity index (χ4v) is 8.60. The van der Waals surface area contributed by atoms with E-state index < -0.39 is 28.3 Å². The van der Waals surface area contributed by atoms with Gasteiger partial charge in [-0.05, 0) is 96.8 Å². The van der Waals surface area contributed by atoms with Crippen molar-refractivity contribution < 1.29 is 43.5 Å². The fourth-order valence-electron chi connectivity index (χ4n) is 6.55. The lowest BCUT2D eigenvalue weighted by atomic mass is 10.1. The van der Waals surface area contributed by atoms with Gasteiger partial charge in [0.15, 0.2) is 0 Å². The Bertz CT molecular complexity index is 2680. The van der Waals surface area contributed by atoms with E-state index in [1.807, 2.05) is 121 Å². The molecule has 7 rings (SSSR count). The van der Waals surface area contributed by atoms with E-state index in [2.05, 4.69) is 0 Å². The van der Waals surface area contributed by atoms with E-state index in [0.29, 0.717) is 35.0 Å². The third-order valence-corrected chi connectivity index (χ3v) is 12.4. The monoisotopic (exact) mass is 946 g/mol. The molecule has 0 aromatic heterocycles. The number of rotatable bonds is 17. The highest BCUT2D eigenvalue weighted by Gasteiger charge is 2.26. The van der Waals surface area contributed by atoms with E-state index >= 15 is 0 Å². The first-order chi connectivity index (χ1) is 33.1. The van der Waals surface area contributed by atoms with Gasteiger partial charge in [0, 0.05) is 20.9 Å². The second kappa shape index (κ2) is 26.0. The lowest BCUT2D eigenvalue weighted by Gasteiger charge is -2.22. The molecule has 68 heavy (non-hydrogen) atoms. The molecule has 346 valence electrons. The number of ether oxygens (including phenoxy) is 2. The van der Waals surface area contributed by atoms with Crippen molar-refractivity contribution >= 4 is 53.2 Å². The summed E-state index contributed by atoms with van der Waals surface area (Å²) in [6.45, 7) is 4.32. The zero-order valence-corrected chi connectivity index (χ0v) is 39.1. The molecule has 0 saturated carbocycles. The Balaban J connectivity index is 0.000000230. The molecule has 7 aromatic carbocycles. The van der Waals surface area contributed by atoms with Gasteiger partial charge in [-0.2, -0.15) is 5.06 Å². The van der Waals surface area contributed by atoms with Crippen LogP contribution in [0.2, 0.25) is 0 Å². The molecule has 0 spiro atoms. The van der Waals surface area contributed by atoms with Crippen LogP contribution in [0, 0.1) is 0 Å². The summed E-state index contributed by atoms with van der Waals surface area (Å²) in [6.07, 6.45) is 0. The van der Waals surface area contributed by atoms with Gasteiger partial charge in [-0.15, -0.1) is 23.5 Å². The van der Waals surface area contributed by atoms with Crippen LogP contribution in [0.25, 0.3) is 0 Å². The summed E-state index contributed by atoms with van der Waals surface area (Å²) in [5.41, 5.74) is 4.43. The molecule has 0 heterocycles. The van der Waals surface area contributed by atoms with Crippen LogP contribution in [-0.4, -0.2) is 58.3 Å². The van der Waals surface area contributed by atoms with Gasteiger partial charge in [0.1, 0.15) is 10.5 Å². The maximum Gasteiger partial charge on any atom is 0.363 e. The van der Waals surface area contributed by atoms with Crippen LogP contribution in [0.3, 0.4) is 0 Å². The standard InChI is InChI=1S/C31H27NO5S.C24H23NO4S/c1-2-36-31(35)28(24-12-6-3-7-13-24)38-27-20-18-23(19-21-27)22-32(29(33)25-14-8-4-9-15-25)37-30(34)26-16-10-5-11-17-26;1-2-29-24(27)22(19-9-5-3-6-10-19)30-21-15-13-18(14-16-21)17-25(28)23(26)20-11-7-4-8-12-20/h3-21,28H,2,22H2,1H3;3-16,22,28H,2,17H2,1H3. The number of carbonyl (C=O) groups excluding carboxylic acids is 5. The van der Waals surface area contributed by atoms with Crippen molar-refractivity contribution in [1.29, 1.82) is 0 Å². The van der Waals surface area contributed by atoms with E-state index in [0.717, 1.165) is 37.1 Å². The van der Waals surface area contributed by atoms with Crippen LogP contribution in [0.5, 0.6) is 0 Å². The first kappa shape index (κ1) is 50.0. The van der Waals surface area contributed by atoms with Crippen LogP contribution >= 0.6 is 23.5 Å². The van der Waals surface area contributed by atoms with E-state index in [4.69, 9.17) is 14.3 Å². The number of esters is 2. The van der Waals surface area contributed by atoms with Gasteiger partial charge in [0.05, 0.1) is 31.9 Å². The number of nitrogens with zero attached hydrogens (tertiary/aromatic N) is 2. The minimum absolute atomic E-state index is 0.0528. The number of thioether (sulfide) groups is 2. The normalized spacial score (nSPS) is 11.4.